The molecule has 90 valence electrons. The van der Waals surface area contributed by atoms with E-state index in [0.29, 0.717) is 12.5 Å². The first-order valence-corrected chi connectivity index (χ1v) is 4.92. The molecule has 0 aliphatic heterocycles. The predicted octanol–water partition coefficient (Wildman–Crippen LogP) is 3.12. The Hall–Kier alpha value is -1.10. The van der Waals surface area contributed by atoms with E-state index < -0.39 is 17.6 Å². The minimum atomic E-state index is -4.52. The molecule has 0 spiro atoms. The van der Waals surface area contributed by atoms with Crippen LogP contribution in [0.15, 0.2) is 18.2 Å². The summed E-state index contributed by atoms with van der Waals surface area (Å²) in [6.45, 7) is 1.72. The monoisotopic (exact) mass is 235 g/mol. The van der Waals surface area contributed by atoms with E-state index in [1.54, 1.807) is 6.92 Å². The molecule has 5 heteroatoms. The molecule has 16 heavy (non-hydrogen) atoms. The average Bonchev–Trinajstić information content (AvgIpc) is 2.14. The summed E-state index contributed by atoms with van der Waals surface area (Å²) in [6.07, 6.45) is -3.88. The smallest absolute Gasteiger partial charge is 0.328 e. The number of rotatable bonds is 3. The van der Waals surface area contributed by atoms with Crippen LogP contribution in [0.25, 0.3) is 0 Å². The van der Waals surface area contributed by atoms with Gasteiger partial charge in [-0.1, -0.05) is 6.07 Å². The van der Waals surface area contributed by atoms with Crippen molar-refractivity contribution in [1.29, 1.82) is 0 Å². The molecule has 0 aliphatic rings. The lowest BCUT2D eigenvalue weighted by Crippen LogP contribution is -2.17. The number of aryl methyl sites for hydroxylation is 1. The van der Waals surface area contributed by atoms with Gasteiger partial charge in [-0.15, -0.1) is 0 Å². The van der Waals surface area contributed by atoms with Crippen molar-refractivity contribution in [2.45, 2.75) is 32.0 Å². The van der Waals surface area contributed by atoms with Crippen LogP contribution in [0.3, 0.4) is 0 Å². The van der Waals surface area contributed by atoms with Crippen LogP contribution in [0.1, 0.15) is 24.5 Å². The van der Waals surface area contributed by atoms with E-state index in [4.69, 9.17) is 5.73 Å². The van der Waals surface area contributed by atoms with E-state index in [1.807, 2.05) is 0 Å². The molecule has 1 aromatic rings. The van der Waals surface area contributed by atoms with E-state index in [0.717, 1.165) is 6.07 Å². The van der Waals surface area contributed by atoms with Gasteiger partial charge >= 0.3 is 6.18 Å². The molecule has 1 atom stereocenters. The summed E-state index contributed by atoms with van der Waals surface area (Å²) in [5.74, 6) is -0.878. The Morgan fingerprint density at radius 2 is 1.94 bits per heavy atom. The molecule has 0 amide bonds. The standard InChI is InChI=1S/C11H13F4N/c1-7(16)2-3-8-4-5-9(12)6-10(8)11(13,14)15/h4-7H,2-3,16H2,1H3. The summed E-state index contributed by atoms with van der Waals surface area (Å²) in [4.78, 5) is 0. The minimum absolute atomic E-state index is 0.0891. The van der Waals surface area contributed by atoms with Crippen molar-refractivity contribution in [3.05, 3.63) is 35.1 Å². The lowest BCUT2D eigenvalue weighted by molar-refractivity contribution is -0.138. The highest BCUT2D eigenvalue weighted by atomic mass is 19.4. The van der Waals surface area contributed by atoms with Crippen LogP contribution in [0.2, 0.25) is 0 Å². The lowest BCUT2D eigenvalue weighted by atomic mass is 10.0. The Balaban J connectivity index is 2.99. The lowest BCUT2D eigenvalue weighted by Gasteiger charge is -2.13. The van der Waals surface area contributed by atoms with Gasteiger partial charge in [0.15, 0.2) is 0 Å². The van der Waals surface area contributed by atoms with E-state index in [-0.39, 0.29) is 18.0 Å². The van der Waals surface area contributed by atoms with Crippen LogP contribution < -0.4 is 5.73 Å². The molecule has 0 bridgehead atoms. The second-order valence-corrected chi connectivity index (χ2v) is 3.82. The fourth-order valence-electron chi connectivity index (χ4n) is 1.41. The van der Waals surface area contributed by atoms with Gasteiger partial charge in [0.1, 0.15) is 5.82 Å². The molecule has 1 unspecified atom stereocenters. The van der Waals surface area contributed by atoms with Gasteiger partial charge in [0.25, 0.3) is 0 Å². The zero-order chi connectivity index (χ0) is 12.3. The van der Waals surface area contributed by atoms with E-state index >= 15 is 0 Å². The molecule has 0 aliphatic carbocycles. The van der Waals surface area contributed by atoms with E-state index in [2.05, 4.69) is 0 Å². The van der Waals surface area contributed by atoms with Crippen LogP contribution in [-0.4, -0.2) is 6.04 Å². The van der Waals surface area contributed by atoms with Gasteiger partial charge in [0.2, 0.25) is 0 Å². The first-order chi connectivity index (χ1) is 7.30. The van der Waals surface area contributed by atoms with Crippen molar-refractivity contribution in [3.8, 4) is 0 Å². The van der Waals surface area contributed by atoms with Crippen molar-refractivity contribution in [2.24, 2.45) is 5.73 Å². The molecule has 0 saturated heterocycles. The van der Waals surface area contributed by atoms with Crippen LogP contribution in [0.5, 0.6) is 0 Å². The fourth-order valence-corrected chi connectivity index (χ4v) is 1.41. The quantitative estimate of drug-likeness (QED) is 0.800. The molecule has 1 nitrogen and oxygen atoms in total. The second-order valence-electron chi connectivity index (χ2n) is 3.82. The molecular formula is C11H13F4N. The Bertz CT molecular complexity index is 357. The largest absolute Gasteiger partial charge is 0.416 e. The maximum atomic E-state index is 12.8. The molecular weight excluding hydrogens is 222 g/mol. The van der Waals surface area contributed by atoms with Crippen LogP contribution >= 0.6 is 0 Å². The number of nitrogens with two attached hydrogens (primary N) is 1. The Morgan fingerprint density at radius 3 is 2.44 bits per heavy atom. The Labute approximate surface area is 91.3 Å². The number of hydrogen-bond acceptors (Lipinski definition) is 1. The zero-order valence-corrected chi connectivity index (χ0v) is 8.81. The highest BCUT2D eigenvalue weighted by molar-refractivity contribution is 5.30. The number of alkyl halides is 3. The SMILES string of the molecule is CC(N)CCc1ccc(F)cc1C(F)(F)F. The number of hydrogen-bond donors (Lipinski definition) is 1. The molecule has 0 saturated carbocycles. The maximum absolute atomic E-state index is 12.8. The first kappa shape index (κ1) is 13.0. The summed E-state index contributed by atoms with van der Waals surface area (Å²) < 4.78 is 50.4. The van der Waals surface area contributed by atoms with Crippen molar-refractivity contribution in [3.63, 3.8) is 0 Å². The van der Waals surface area contributed by atoms with Crippen molar-refractivity contribution >= 4 is 0 Å². The normalized spacial score (nSPS) is 13.9. The van der Waals surface area contributed by atoms with Gasteiger partial charge in [-0.3, -0.25) is 0 Å². The van der Waals surface area contributed by atoms with Crippen molar-refractivity contribution in [2.75, 3.05) is 0 Å². The molecule has 0 fully saturated rings. The first-order valence-electron chi connectivity index (χ1n) is 4.92. The maximum Gasteiger partial charge on any atom is 0.416 e. The summed E-state index contributed by atoms with van der Waals surface area (Å²) in [5.41, 5.74) is 4.65. The molecule has 1 rings (SSSR count). The molecule has 1 aromatic carbocycles. The summed E-state index contributed by atoms with van der Waals surface area (Å²) in [7, 11) is 0. The summed E-state index contributed by atoms with van der Waals surface area (Å²) >= 11 is 0. The molecule has 2 N–H and O–H groups in total. The highest BCUT2D eigenvalue weighted by Crippen LogP contribution is 2.33. The van der Waals surface area contributed by atoms with E-state index in [9.17, 15) is 17.6 Å². The van der Waals surface area contributed by atoms with Gasteiger partial charge in [0, 0.05) is 6.04 Å². The predicted molar refractivity (Wildman–Crippen MR) is 53.4 cm³/mol. The molecule has 0 heterocycles. The van der Waals surface area contributed by atoms with Gasteiger partial charge < -0.3 is 5.73 Å². The van der Waals surface area contributed by atoms with Gasteiger partial charge in [0.05, 0.1) is 5.56 Å². The Morgan fingerprint density at radius 1 is 1.31 bits per heavy atom. The van der Waals surface area contributed by atoms with Crippen LogP contribution in [0, 0.1) is 5.82 Å². The summed E-state index contributed by atoms with van der Waals surface area (Å²) in [5, 5.41) is 0. The highest BCUT2D eigenvalue weighted by Gasteiger charge is 2.33. The third kappa shape index (κ3) is 3.48. The van der Waals surface area contributed by atoms with Gasteiger partial charge in [-0.05, 0) is 37.5 Å². The van der Waals surface area contributed by atoms with Crippen LogP contribution in [0.4, 0.5) is 17.6 Å². The van der Waals surface area contributed by atoms with E-state index in [1.165, 1.54) is 6.07 Å². The number of halogens is 4. The van der Waals surface area contributed by atoms with Crippen molar-refractivity contribution in [1.82, 2.24) is 0 Å². The Kier molecular flexibility index (Phi) is 3.91. The fraction of sp³-hybridized carbons (Fsp3) is 0.455. The minimum Gasteiger partial charge on any atom is -0.328 e. The molecule has 0 radical (unpaired) electrons. The average molecular weight is 235 g/mol. The van der Waals surface area contributed by atoms with Crippen molar-refractivity contribution < 1.29 is 17.6 Å². The molecule has 0 aromatic heterocycles. The topological polar surface area (TPSA) is 26.0 Å². The van der Waals surface area contributed by atoms with Crippen LogP contribution in [-0.2, 0) is 12.6 Å². The summed E-state index contributed by atoms with van der Waals surface area (Å²) in [6, 6.07) is 2.55. The zero-order valence-electron chi connectivity index (χ0n) is 8.81. The third-order valence-electron chi connectivity index (χ3n) is 2.25. The van der Waals surface area contributed by atoms with Gasteiger partial charge in [-0.25, -0.2) is 4.39 Å². The van der Waals surface area contributed by atoms with Gasteiger partial charge in [-0.2, -0.15) is 13.2 Å². The third-order valence-corrected chi connectivity index (χ3v) is 2.25. The second kappa shape index (κ2) is 4.82. The number of benzene rings is 1.